The number of thiophene rings is 1. The summed E-state index contributed by atoms with van der Waals surface area (Å²) < 4.78 is 6.54. The first-order valence-corrected chi connectivity index (χ1v) is 8.49. The monoisotopic (exact) mass is 311 g/mol. The van der Waals surface area contributed by atoms with Crippen LogP contribution in [0.25, 0.3) is 21.7 Å². The van der Waals surface area contributed by atoms with Crippen LogP contribution in [0.3, 0.4) is 0 Å². The van der Waals surface area contributed by atoms with E-state index in [4.69, 9.17) is 9.72 Å². The maximum Gasteiger partial charge on any atom is 0.235 e. The van der Waals surface area contributed by atoms with E-state index in [1.165, 1.54) is 31.2 Å². The first-order chi connectivity index (χ1) is 10.9. The topological polar surface area (TPSA) is 47.9 Å². The van der Waals surface area contributed by atoms with E-state index in [2.05, 4.69) is 15.3 Å². The van der Waals surface area contributed by atoms with Crippen molar-refractivity contribution in [3.05, 3.63) is 35.3 Å². The SMILES string of the molecule is COc1nc(-c2ccccn2)nc2c(C3CCCC3)csc12. The second-order valence-corrected chi connectivity index (χ2v) is 6.50. The standard InChI is InChI=1S/C17H17N3OS/c1-21-17-15-14(12(10-22-15)11-6-2-3-7-11)19-16(20-17)13-8-4-5-9-18-13/h4-5,8-11H,2-3,6-7H2,1H3. The molecule has 0 spiro atoms. The summed E-state index contributed by atoms with van der Waals surface area (Å²) in [4.78, 5) is 13.7. The molecule has 4 rings (SSSR count). The van der Waals surface area contributed by atoms with Gasteiger partial charge in [-0.2, -0.15) is 4.98 Å². The molecule has 0 amide bonds. The summed E-state index contributed by atoms with van der Waals surface area (Å²) in [6.07, 6.45) is 6.92. The average molecular weight is 311 g/mol. The number of methoxy groups -OCH3 is 1. The number of pyridine rings is 1. The van der Waals surface area contributed by atoms with Gasteiger partial charge in [-0.1, -0.05) is 18.9 Å². The van der Waals surface area contributed by atoms with Crippen molar-refractivity contribution in [2.75, 3.05) is 7.11 Å². The van der Waals surface area contributed by atoms with Crippen molar-refractivity contribution >= 4 is 21.6 Å². The van der Waals surface area contributed by atoms with Crippen LogP contribution in [0, 0.1) is 0 Å². The fraction of sp³-hybridized carbons (Fsp3) is 0.353. The van der Waals surface area contributed by atoms with Crippen molar-refractivity contribution in [3.63, 3.8) is 0 Å². The maximum absolute atomic E-state index is 5.50. The molecule has 0 aliphatic heterocycles. The van der Waals surface area contributed by atoms with Crippen molar-refractivity contribution in [1.82, 2.24) is 15.0 Å². The third-order valence-corrected chi connectivity index (χ3v) is 5.27. The second kappa shape index (κ2) is 5.65. The van der Waals surface area contributed by atoms with Crippen LogP contribution in [0.15, 0.2) is 29.8 Å². The van der Waals surface area contributed by atoms with Crippen LogP contribution in [0.5, 0.6) is 5.88 Å². The van der Waals surface area contributed by atoms with Crippen molar-refractivity contribution in [2.45, 2.75) is 31.6 Å². The number of fused-ring (bicyclic) bond motifs is 1. The van der Waals surface area contributed by atoms with Crippen molar-refractivity contribution in [1.29, 1.82) is 0 Å². The Kier molecular flexibility index (Phi) is 3.50. The Labute approximate surface area is 133 Å². The van der Waals surface area contributed by atoms with Gasteiger partial charge in [0.05, 0.1) is 12.6 Å². The molecular weight excluding hydrogens is 294 g/mol. The molecule has 1 fully saturated rings. The van der Waals surface area contributed by atoms with Gasteiger partial charge in [-0.25, -0.2) is 4.98 Å². The predicted molar refractivity (Wildman–Crippen MR) is 88.4 cm³/mol. The Balaban J connectivity index is 1.90. The highest BCUT2D eigenvalue weighted by Gasteiger charge is 2.23. The van der Waals surface area contributed by atoms with Gasteiger partial charge in [0.2, 0.25) is 5.88 Å². The Hall–Kier alpha value is -2.01. The normalized spacial score (nSPS) is 15.5. The van der Waals surface area contributed by atoms with Gasteiger partial charge in [0.25, 0.3) is 0 Å². The maximum atomic E-state index is 5.50. The Morgan fingerprint density at radius 3 is 2.77 bits per heavy atom. The molecule has 3 aromatic heterocycles. The summed E-state index contributed by atoms with van der Waals surface area (Å²) in [6, 6.07) is 5.78. The molecule has 0 atom stereocenters. The van der Waals surface area contributed by atoms with Gasteiger partial charge in [-0.05, 0) is 41.8 Å². The minimum absolute atomic E-state index is 0.630. The van der Waals surface area contributed by atoms with E-state index in [1.54, 1.807) is 24.6 Å². The van der Waals surface area contributed by atoms with Crippen molar-refractivity contribution in [2.24, 2.45) is 0 Å². The van der Waals surface area contributed by atoms with Gasteiger partial charge in [0.15, 0.2) is 5.82 Å². The zero-order chi connectivity index (χ0) is 14.9. The highest BCUT2D eigenvalue weighted by Crippen LogP contribution is 2.42. The molecule has 0 N–H and O–H groups in total. The fourth-order valence-electron chi connectivity index (χ4n) is 3.18. The molecular formula is C17H17N3OS. The number of aromatic nitrogens is 3. The number of hydrogen-bond donors (Lipinski definition) is 0. The van der Waals surface area contributed by atoms with E-state index in [0.29, 0.717) is 17.6 Å². The number of nitrogens with zero attached hydrogens (tertiary/aromatic N) is 3. The molecule has 3 aromatic rings. The molecule has 3 heterocycles. The molecule has 22 heavy (non-hydrogen) atoms. The first-order valence-electron chi connectivity index (χ1n) is 7.61. The summed E-state index contributed by atoms with van der Waals surface area (Å²) in [5.74, 6) is 1.92. The Morgan fingerprint density at radius 2 is 2.05 bits per heavy atom. The average Bonchev–Trinajstić information content (AvgIpc) is 3.23. The predicted octanol–water partition coefficient (Wildman–Crippen LogP) is 4.42. The van der Waals surface area contributed by atoms with E-state index in [9.17, 15) is 0 Å². The molecule has 5 heteroatoms. The smallest absolute Gasteiger partial charge is 0.235 e. The summed E-state index contributed by atoms with van der Waals surface area (Å²) in [6.45, 7) is 0. The lowest BCUT2D eigenvalue weighted by atomic mass is 10.00. The number of rotatable bonds is 3. The quantitative estimate of drug-likeness (QED) is 0.718. The molecule has 0 unspecified atom stereocenters. The van der Waals surface area contributed by atoms with E-state index >= 15 is 0 Å². The largest absolute Gasteiger partial charge is 0.480 e. The van der Waals surface area contributed by atoms with E-state index in [1.807, 2.05) is 18.2 Å². The van der Waals surface area contributed by atoms with Crippen LogP contribution in [-0.4, -0.2) is 22.1 Å². The first kappa shape index (κ1) is 13.6. The van der Waals surface area contributed by atoms with Crippen LogP contribution in [0.4, 0.5) is 0 Å². The van der Waals surface area contributed by atoms with Gasteiger partial charge < -0.3 is 4.74 Å². The number of hydrogen-bond acceptors (Lipinski definition) is 5. The molecule has 0 aromatic carbocycles. The van der Waals surface area contributed by atoms with E-state index in [0.717, 1.165) is 15.9 Å². The van der Waals surface area contributed by atoms with Crippen molar-refractivity contribution in [3.8, 4) is 17.4 Å². The fourth-order valence-corrected chi connectivity index (χ4v) is 4.24. The molecule has 1 aliphatic carbocycles. The lowest BCUT2D eigenvalue weighted by molar-refractivity contribution is 0.404. The zero-order valence-electron chi connectivity index (χ0n) is 12.5. The highest BCUT2D eigenvalue weighted by molar-refractivity contribution is 7.17. The molecule has 4 nitrogen and oxygen atoms in total. The van der Waals surface area contributed by atoms with Gasteiger partial charge in [-0.3, -0.25) is 4.98 Å². The summed E-state index contributed by atoms with van der Waals surface area (Å²) in [5.41, 5.74) is 3.19. The molecule has 0 bridgehead atoms. The lowest BCUT2D eigenvalue weighted by Gasteiger charge is -2.09. The van der Waals surface area contributed by atoms with Crippen LogP contribution >= 0.6 is 11.3 Å². The molecule has 1 saturated carbocycles. The summed E-state index contributed by atoms with van der Waals surface area (Å²) in [7, 11) is 1.67. The highest BCUT2D eigenvalue weighted by atomic mass is 32.1. The van der Waals surface area contributed by atoms with Crippen LogP contribution in [-0.2, 0) is 0 Å². The molecule has 0 radical (unpaired) electrons. The molecule has 0 saturated heterocycles. The lowest BCUT2D eigenvalue weighted by Crippen LogP contribution is -1.98. The number of ether oxygens (including phenoxy) is 1. The summed E-state index contributed by atoms with van der Waals surface area (Å²) in [5, 5.41) is 2.24. The van der Waals surface area contributed by atoms with Crippen LogP contribution in [0.1, 0.15) is 37.2 Å². The van der Waals surface area contributed by atoms with E-state index < -0.39 is 0 Å². The van der Waals surface area contributed by atoms with Crippen LogP contribution in [0.2, 0.25) is 0 Å². The Morgan fingerprint density at radius 1 is 1.18 bits per heavy atom. The third-order valence-electron chi connectivity index (χ3n) is 4.29. The van der Waals surface area contributed by atoms with Gasteiger partial charge in [-0.15, -0.1) is 11.3 Å². The van der Waals surface area contributed by atoms with Gasteiger partial charge >= 0.3 is 0 Å². The van der Waals surface area contributed by atoms with Crippen molar-refractivity contribution < 1.29 is 4.74 Å². The molecule has 112 valence electrons. The van der Waals surface area contributed by atoms with Gasteiger partial charge in [0.1, 0.15) is 10.4 Å². The third kappa shape index (κ3) is 2.25. The minimum atomic E-state index is 0.630. The zero-order valence-corrected chi connectivity index (χ0v) is 13.3. The molecule has 1 aliphatic rings. The minimum Gasteiger partial charge on any atom is -0.480 e. The Bertz CT molecular complexity index is 794. The van der Waals surface area contributed by atoms with E-state index in [-0.39, 0.29) is 0 Å². The van der Waals surface area contributed by atoms with Crippen LogP contribution < -0.4 is 4.74 Å². The summed E-state index contributed by atoms with van der Waals surface area (Å²) >= 11 is 1.69. The second-order valence-electron chi connectivity index (χ2n) is 5.62. The van der Waals surface area contributed by atoms with Gasteiger partial charge in [0, 0.05) is 6.20 Å².